The van der Waals surface area contributed by atoms with Gasteiger partial charge in [-0.2, -0.15) is 0 Å². The van der Waals surface area contributed by atoms with Crippen LogP contribution in [0, 0.1) is 25.7 Å². The molecule has 0 aliphatic heterocycles. The number of rotatable bonds is 3. The first kappa shape index (κ1) is 18.2. The molecule has 0 atom stereocenters. The Morgan fingerprint density at radius 1 is 0.926 bits per heavy atom. The number of carbonyl (C=O) groups is 1. The van der Waals surface area contributed by atoms with E-state index in [4.69, 9.17) is 5.11 Å². The van der Waals surface area contributed by atoms with Crippen LogP contribution >= 0.6 is 0 Å². The molecule has 0 saturated heterocycles. The molecule has 0 fully saturated rings. The fourth-order valence-electron chi connectivity index (χ4n) is 2.90. The van der Waals surface area contributed by atoms with Crippen molar-refractivity contribution in [2.75, 3.05) is 0 Å². The number of carboxylic acid groups (broad SMARTS) is 1. The van der Waals surface area contributed by atoms with Gasteiger partial charge in [-0.15, -0.1) is 0 Å². The summed E-state index contributed by atoms with van der Waals surface area (Å²) in [6.07, 6.45) is 3.85. The average Bonchev–Trinajstić information content (AvgIpc) is 2.67. The summed E-state index contributed by atoms with van der Waals surface area (Å²) in [5, 5.41) is 8.93. The summed E-state index contributed by atoms with van der Waals surface area (Å²) in [4.78, 5) is 10.9. The highest BCUT2D eigenvalue weighted by atomic mass is 16.4. The lowest BCUT2D eigenvalue weighted by molar-refractivity contribution is 0.0697. The van der Waals surface area contributed by atoms with Crippen LogP contribution in [0.3, 0.4) is 0 Å². The van der Waals surface area contributed by atoms with Crippen molar-refractivity contribution in [1.29, 1.82) is 0 Å². The molecular formula is C25H20O2. The summed E-state index contributed by atoms with van der Waals surface area (Å²) >= 11 is 0. The molecule has 132 valence electrons. The molecule has 27 heavy (non-hydrogen) atoms. The highest BCUT2D eigenvalue weighted by molar-refractivity contribution is 5.87. The van der Waals surface area contributed by atoms with Crippen molar-refractivity contribution < 1.29 is 9.90 Å². The Labute approximate surface area is 159 Å². The van der Waals surface area contributed by atoms with Crippen molar-refractivity contribution in [3.8, 4) is 23.0 Å². The predicted octanol–water partition coefficient (Wildman–Crippen LogP) is 5.73. The van der Waals surface area contributed by atoms with E-state index in [-0.39, 0.29) is 5.56 Å². The van der Waals surface area contributed by atoms with Gasteiger partial charge in [-0.05, 0) is 72.5 Å². The lowest BCUT2D eigenvalue weighted by Gasteiger charge is -2.10. The van der Waals surface area contributed by atoms with Gasteiger partial charge in [0.2, 0.25) is 0 Å². The summed E-state index contributed by atoms with van der Waals surface area (Å²) in [6, 6.07) is 21.3. The molecule has 0 spiro atoms. The number of aryl methyl sites for hydroxylation is 2. The summed E-state index contributed by atoms with van der Waals surface area (Å²) in [5.41, 5.74) is 7.03. The van der Waals surface area contributed by atoms with Crippen LogP contribution < -0.4 is 0 Å². The van der Waals surface area contributed by atoms with Gasteiger partial charge in [-0.25, -0.2) is 4.79 Å². The smallest absolute Gasteiger partial charge is 0.335 e. The monoisotopic (exact) mass is 352 g/mol. The number of hydrogen-bond acceptors (Lipinski definition) is 1. The molecule has 0 bridgehead atoms. The number of hydrogen-bond donors (Lipinski definition) is 1. The first-order valence-corrected chi connectivity index (χ1v) is 8.73. The molecule has 2 nitrogen and oxygen atoms in total. The summed E-state index contributed by atoms with van der Waals surface area (Å²) in [5.74, 6) is 5.13. The largest absolute Gasteiger partial charge is 0.478 e. The highest BCUT2D eigenvalue weighted by Gasteiger charge is 2.05. The van der Waals surface area contributed by atoms with Gasteiger partial charge >= 0.3 is 5.97 Å². The van der Waals surface area contributed by atoms with Crippen LogP contribution in [0.1, 0.15) is 32.6 Å². The van der Waals surface area contributed by atoms with E-state index < -0.39 is 5.97 Å². The first-order valence-electron chi connectivity index (χ1n) is 8.73. The fourth-order valence-corrected chi connectivity index (χ4v) is 2.90. The molecule has 0 amide bonds. The molecule has 3 aromatic rings. The molecule has 0 heterocycles. The summed E-state index contributed by atoms with van der Waals surface area (Å²) in [7, 11) is 0. The third-order valence-electron chi connectivity index (χ3n) is 4.34. The number of benzene rings is 3. The lowest BCUT2D eigenvalue weighted by Crippen LogP contribution is -1.94. The van der Waals surface area contributed by atoms with Crippen LogP contribution in [0.2, 0.25) is 0 Å². The first-order chi connectivity index (χ1) is 13.0. The van der Waals surface area contributed by atoms with E-state index >= 15 is 0 Å². The Balaban J connectivity index is 1.85. The Morgan fingerprint density at radius 2 is 1.63 bits per heavy atom. The second-order valence-corrected chi connectivity index (χ2v) is 6.39. The van der Waals surface area contributed by atoms with Gasteiger partial charge in [0.25, 0.3) is 0 Å². The molecular weight excluding hydrogens is 332 g/mol. The molecule has 0 aromatic heterocycles. The second-order valence-electron chi connectivity index (χ2n) is 6.39. The maximum absolute atomic E-state index is 10.9. The van der Waals surface area contributed by atoms with Crippen molar-refractivity contribution in [2.45, 2.75) is 13.8 Å². The van der Waals surface area contributed by atoms with Gasteiger partial charge in [-0.1, -0.05) is 59.9 Å². The second kappa shape index (κ2) is 8.21. The van der Waals surface area contributed by atoms with E-state index in [0.29, 0.717) is 0 Å². The van der Waals surface area contributed by atoms with Crippen molar-refractivity contribution in [2.24, 2.45) is 0 Å². The SMILES string of the molecule is Cc1ccc(-c2c(C)cccc2C=CC#Cc2ccc(C(=O)O)cc2)cc1. The normalized spacial score (nSPS) is 10.4. The van der Waals surface area contributed by atoms with E-state index in [1.54, 1.807) is 24.3 Å². The van der Waals surface area contributed by atoms with Crippen LogP contribution in [0.15, 0.2) is 72.8 Å². The maximum Gasteiger partial charge on any atom is 0.335 e. The van der Waals surface area contributed by atoms with Gasteiger partial charge in [0.05, 0.1) is 5.56 Å². The average molecular weight is 352 g/mol. The summed E-state index contributed by atoms with van der Waals surface area (Å²) in [6.45, 7) is 4.20. The lowest BCUT2D eigenvalue weighted by atomic mass is 9.94. The standard InChI is InChI=1S/C25H20O2/c1-18-10-14-22(15-11-18)24-19(2)6-5-9-21(24)8-4-3-7-20-12-16-23(17-13-20)25(26)27/h4-6,8-17H,1-2H3,(H,26,27). The zero-order valence-corrected chi connectivity index (χ0v) is 15.4. The van der Waals surface area contributed by atoms with Crippen molar-refractivity contribution >= 4 is 12.0 Å². The number of aromatic carboxylic acids is 1. The molecule has 2 heteroatoms. The van der Waals surface area contributed by atoms with Crippen molar-refractivity contribution in [1.82, 2.24) is 0 Å². The van der Waals surface area contributed by atoms with Crippen molar-refractivity contribution in [3.63, 3.8) is 0 Å². The molecule has 0 saturated carbocycles. The maximum atomic E-state index is 10.9. The Morgan fingerprint density at radius 3 is 2.30 bits per heavy atom. The Kier molecular flexibility index (Phi) is 5.54. The molecule has 1 N–H and O–H groups in total. The van der Waals surface area contributed by atoms with Gasteiger partial charge in [0.1, 0.15) is 0 Å². The quantitative estimate of drug-likeness (QED) is 0.611. The highest BCUT2D eigenvalue weighted by Crippen LogP contribution is 2.28. The van der Waals surface area contributed by atoms with E-state index in [1.807, 2.05) is 18.2 Å². The third kappa shape index (κ3) is 4.54. The molecule has 0 aliphatic rings. The number of carboxylic acids is 1. The van der Waals surface area contributed by atoms with Gasteiger partial charge in [0, 0.05) is 5.56 Å². The fraction of sp³-hybridized carbons (Fsp3) is 0.0800. The summed E-state index contributed by atoms with van der Waals surface area (Å²) < 4.78 is 0. The molecule has 0 unspecified atom stereocenters. The minimum atomic E-state index is -0.933. The van der Waals surface area contributed by atoms with Crippen LogP contribution in [0.5, 0.6) is 0 Å². The van der Waals surface area contributed by atoms with E-state index in [9.17, 15) is 4.79 Å². The molecule has 0 radical (unpaired) electrons. The third-order valence-corrected chi connectivity index (χ3v) is 4.34. The zero-order valence-electron chi connectivity index (χ0n) is 15.4. The molecule has 3 aromatic carbocycles. The van der Waals surface area contributed by atoms with Gasteiger partial charge in [-0.3, -0.25) is 0 Å². The number of allylic oxidation sites excluding steroid dienone is 1. The molecule has 3 rings (SSSR count). The zero-order chi connectivity index (χ0) is 19.2. The topological polar surface area (TPSA) is 37.3 Å². The van der Waals surface area contributed by atoms with E-state index in [1.165, 1.54) is 22.3 Å². The predicted molar refractivity (Wildman–Crippen MR) is 111 cm³/mol. The Bertz CT molecular complexity index is 1040. The Hall–Kier alpha value is -3.57. The van der Waals surface area contributed by atoms with Crippen LogP contribution in [-0.2, 0) is 0 Å². The molecule has 0 aliphatic carbocycles. The van der Waals surface area contributed by atoms with Crippen LogP contribution in [-0.4, -0.2) is 11.1 Å². The minimum Gasteiger partial charge on any atom is -0.478 e. The van der Waals surface area contributed by atoms with Gasteiger partial charge in [0.15, 0.2) is 0 Å². The van der Waals surface area contributed by atoms with E-state index in [0.717, 1.165) is 11.1 Å². The van der Waals surface area contributed by atoms with Crippen LogP contribution in [0.25, 0.3) is 17.2 Å². The van der Waals surface area contributed by atoms with Crippen LogP contribution in [0.4, 0.5) is 0 Å². The minimum absolute atomic E-state index is 0.263. The van der Waals surface area contributed by atoms with E-state index in [2.05, 4.69) is 62.1 Å². The van der Waals surface area contributed by atoms with Gasteiger partial charge < -0.3 is 5.11 Å². The van der Waals surface area contributed by atoms with Crippen molar-refractivity contribution in [3.05, 3.63) is 101 Å².